The van der Waals surface area contributed by atoms with Gasteiger partial charge in [-0.2, -0.15) is 0 Å². The van der Waals surface area contributed by atoms with Crippen LogP contribution in [0.5, 0.6) is 5.75 Å². The smallest absolute Gasteiger partial charge is 0.423 e. The van der Waals surface area contributed by atoms with Crippen molar-refractivity contribution in [2.45, 2.75) is 13.3 Å². The summed E-state index contributed by atoms with van der Waals surface area (Å²) in [6.07, 6.45) is -4.20. The summed E-state index contributed by atoms with van der Waals surface area (Å²) in [5.41, 5.74) is 2.15. The van der Waals surface area contributed by atoms with Crippen LogP contribution in [0.3, 0.4) is 0 Å². The first-order chi connectivity index (χ1) is 14.5. The fourth-order valence-corrected chi connectivity index (χ4v) is 3.22. The van der Waals surface area contributed by atoms with Crippen LogP contribution in [-0.4, -0.2) is 48.9 Å². The van der Waals surface area contributed by atoms with Crippen molar-refractivity contribution in [3.8, 4) is 16.9 Å². The van der Waals surface area contributed by atoms with Crippen LogP contribution >= 0.6 is 23.2 Å². The van der Waals surface area contributed by atoms with Gasteiger partial charge in [0, 0.05) is 24.2 Å². The molecule has 3 amide bonds. The number of ether oxygens (including phenoxy) is 1. The van der Waals surface area contributed by atoms with Crippen LogP contribution in [0.15, 0.2) is 30.3 Å². The number of rotatable bonds is 6. The second-order valence-corrected chi connectivity index (χ2v) is 6.98. The van der Waals surface area contributed by atoms with E-state index in [9.17, 15) is 22.8 Å². The van der Waals surface area contributed by atoms with Crippen molar-refractivity contribution in [1.82, 2.24) is 10.4 Å². The van der Waals surface area contributed by atoms with E-state index < -0.39 is 31.0 Å². The number of urea groups is 1. The van der Waals surface area contributed by atoms with Crippen LogP contribution in [0.25, 0.3) is 11.1 Å². The van der Waals surface area contributed by atoms with Gasteiger partial charge in [-0.3, -0.25) is 4.90 Å². The molecule has 2 rings (SSSR count). The lowest BCUT2D eigenvalue weighted by Gasteiger charge is -2.26. The molecule has 31 heavy (non-hydrogen) atoms. The van der Waals surface area contributed by atoms with Crippen molar-refractivity contribution in [2.75, 3.05) is 25.1 Å². The average Bonchev–Trinajstić information content (AvgIpc) is 2.69. The highest BCUT2D eigenvalue weighted by atomic mass is 35.5. The molecule has 2 aromatic rings. The van der Waals surface area contributed by atoms with Gasteiger partial charge in [-0.25, -0.2) is 33.2 Å². The molecule has 2 aromatic carbocycles. The fraction of sp³-hybridized carbons (Fsp3) is 0.263. The van der Waals surface area contributed by atoms with E-state index >= 15 is 0 Å². The van der Waals surface area contributed by atoms with Gasteiger partial charge in [0.1, 0.15) is 18.2 Å². The Hall–Kier alpha value is -2.85. The van der Waals surface area contributed by atoms with Crippen LogP contribution in [0.1, 0.15) is 6.92 Å². The predicted molar refractivity (Wildman–Crippen MR) is 111 cm³/mol. The maximum atomic E-state index is 14.8. The second kappa shape index (κ2) is 10.5. The van der Waals surface area contributed by atoms with Crippen LogP contribution in [0.4, 0.5) is 28.4 Å². The van der Waals surface area contributed by atoms with E-state index in [1.165, 1.54) is 38.2 Å². The average molecular weight is 480 g/mol. The molecule has 0 saturated heterocycles. The first-order valence-corrected chi connectivity index (χ1v) is 9.55. The highest BCUT2D eigenvalue weighted by Crippen LogP contribution is 2.40. The van der Waals surface area contributed by atoms with Crippen LogP contribution in [0.2, 0.25) is 10.0 Å². The Kier molecular flexibility index (Phi) is 8.23. The zero-order valence-corrected chi connectivity index (χ0v) is 17.8. The number of carbonyl (C=O) groups is 2. The standard InChI is InChI=1S/C19H18Cl2F3N3O4/c1-3-27(25-18(28)29)19(30)26(2)15-5-4-10(6-14(15)22)12-7-11(20)8-13(21)17(12)31-9-16(23)24/h4-8,16,25H,3,9H2,1-2H3,(H,28,29). The molecule has 7 nitrogen and oxygen atoms in total. The predicted octanol–water partition coefficient (Wildman–Crippen LogP) is 5.50. The molecule has 0 atom stereocenters. The molecule has 0 unspecified atom stereocenters. The van der Waals surface area contributed by atoms with Gasteiger partial charge in [0.15, 0.2) is 0 Å². The zero-order chi connectivity index (χ0) is 23.3. The molecule has 0 radical (unpaired) electrons. The Bertz CT molecular complexity index is 979. The van der Waals surface area contributed by atoms with E-state index in [0.29, 0.717) is 0 Å². The van der Waals surface area contributed by atoms with Gasteiger partial charge in [-0.05, 0) is 36.8 Å². The van der Waals surface area contributed by atoms with Crippen molar-refractivity contribution < 1.29 is 32.6 Å². The van der Waals surface area contributed by atoms with E-state index in [4.69, 9.17) is 33.0 Å². The summed E-state index contributed by atoms with van der Waals surface area (Å²) < 4.78 is 45.1. The number of carboxylic acid groups (broad SMARTS) is 1. The largest absolute Gasteiger partial charge is 0.485 e. The molecule has 0 bridgehead atoms. The number of halogens is 5. The summed E-state index contributed by atoms with van der Waals surface area (Å²) in [5.74, 6) is -0.929. The third kappa shape index (κ3) is 6.08. The van der Waals surface area contributed by atoms with E-state index in [-0.39, 0.29) is 39.2 Å². The minimum Gasteiger partial charge on any atom is -0.485 e. The Morgan fingerprint density at radius 2 is 1.90 bits per heavy atom. The number of nitrogens with zero attached hydrogens (tertiary/aromatic N) is 2. The monoisotopic (exact) mass is 479 g/mol. The lowest BCUT2D eigenvalue weighted by molar-refractivity contribution is 0.0822. The minimum atomic E-state index is -2.75. The minimum absolute atomic E-state index is 0.00102. The van der Waals surface area contributed by atoms with Gasteiger partial charge in [0.2, 0.25) is 0 Å². The topological polar surface area (TPSA) is 82.1 Å². The molecule has 0 saturated carbocycles. The van der Waals surface area contributed by atoms with Gasteiger partial charge < -0.3 is 9.84 Å². The molecular formula is C19H18Cl2F3N3O4. The number of hydrogen-bond donors (Lipinski definition) is 2. The highest BCUT2D eigenvalue weighted by molar-refractivity contribution is 6.36. The number of hydrogen-bond acceptors (Lipinski definition) is 3. The molecule has 0 spiro atoms. The van der Waals surface area contributed by atoms with Gasteiger partial charge in [-0.15, -0.1) is 0 Å². The lowest BCUT2D eigenvalue weighted by atomic mass is 10.0. The summed E-state index contributed by atoms with van der Waals surface area (Å²) in [4.78, 5) is 24.2. The van der Waals surface area contributed by atoms with E-state index in [2.05, 4.69) is 0 Å². The first kappa shape index (κ1) is 24.4. The van der Waals surface area contributed by atoms with Crippen LogP contribution in [0, 0.1) is 5.82 Å². The molecule has 12 heteroatoms. The maximum Gasteiger partial charge on any atom is 0.423 e. The summed E-state index contributed by atoms with van der Waals surface area (Å²) in [6.45, 7) is 0.613. The molecule has 0 aliphatic carbocycles. The molecule has 0 heterocycles. The Balaban J connectivity index is 2.40. The van der Waals surface area contributed by atoms with Crippen molar-refractivity contribution in [3.05, 3.63) is 46.2 Å². The maximum absolute atomic E-state index is 14.8. The number of carbonyl (C=O) groups excluding carboxylic acids is 1. The Labute approximate surface area is 185 Å². The summed E-state index contributed by atoms with van der Waals surface area (Å²) in [6, 6.07) is 5.61. The van der Waals surface area contributed by atoms with Crippen LogP contribution in [-0.2, 0) is 0 Å². The Morgan fingerprint density at radius 1 is 1.23 bits per heavy atom. The van der Waals surface area contributed by atoms with Crippen molar-refractivity contribution in [2.24, 2.45) is 0 Å². The van der Waals surface area contributed by atoms with Gasteiger partial charge >= 0.3 is 12.1 Å². The normalized spacial score (nSPS) is 10.7. The van der Waals surface area contributed by atoms with Gasteiger partial charge in [0.25, 0.3) is 6.43 Å². The summed E-state index contributed by atoms with van der Waals surface area (Å²) in [5, 5.41) is 9.74. The number of nitrogens with one attached hydrogen (secondary N) is 1. The van der Waals surface area contributed by atoms with Crippen molar-refractivity contribution in [3.63, 3.8) is 0 Å². The summed E-state index contributed by atoms with van der Waals surface area (Å²) in [7, 11) is 1.26. The second-order valence-electron chi connectivity index (χ2n) is 6.14. The van der Waals surface area contributed by atoms with E-state index in [1.54, 1.807) is 0 Å². The van der Waals surface area contributed by atoms with Crippen molar-refractivity contribution >= 4 is 41.0 Å². The Morgan fingerprint density at radius 3 is 2.45 bits per heavy atom. The third-order valence-corrected chi connectivity index (χ3v) is 4.55. The number of alkyl halides is 2. The molecule has 0 aromatic heterocycles. The first-order valence-electron chi connectivity index (χ1n) is 8.79. The third-order valence-electron chi connectivity index (χ3n) is 4.05. The molecule has 0 aliphatic rings. The van der Waals surface area contributed by atoms with E-state index in [1.807, 2.05) is 5.43 Å². The molecule has 0 aliphatic heterocycles. The van der Waals surface area contributed by atoms with Gasteiger partial charge in [-0.1, -0.05) is 29.3 Å². The number of hydrazine groups is 1. The number of anilines is 1. The lowest BCUT2D eigenvalue weighted by Crippen LogP contribution is -2.50. The molecular weight excluding hydrogens is 462 g/mol. The quantitative estimate of drug-likeness (QED) is 0.535. The number of benzene rings is 2. The zero-order valence-electron chi connectivity index (χ0n) is 16.3. The summed E-state index contributed by atoms with van der Waals surface area (Å²) >= 11 is 12.1. The van der Waals surface area contributed by atoms with Gasteiger partial charge in [0.05, 0.1) is 10.7 Å². The SMILES string of the molecule is CCN(NC(=O)O)C(=O)N(C)c1ccc(-c2cc(Cl)cc(Cl)c2OCC(F)F)cc1F. The molecule has 0 fully saturated rings. The van der Waals surface area contributed by atoms with E-state index in [0.717, 1.165) is 16.0 Å². The highest BCUT2D eigenvalue weighted by Gasteiger charge is 2.23. The van der Waals surface area contributed by atoms with Crippen molar-refractivity contribution in [1.29, 1.82) is 0 Å². The molecule has 2 N–H and O–H groups in total. The number of amides is 3. The molecule has 168 valence electrons. The fourth-order valence-electron chi connectivity index (χ4n) is 2.68. The van der Waals surface area contributed by atoms with Crippen LogP contribution < -0.4 is 15.1 Å².